The molecule has 0 aliphatic heterocycles. The molecule has 2 N–H and O–H groups in total. The summed E-state index contributed by atoms with van der Waals surface area (Å²) in [5.41, 5.74) is -0.731. The van der Waals surface area contributed by atoms with Crippen LogP contribution in [0.25, 0.3) is 0 Å². The Bertz CT molecular complexity index is 975. The molecule has 39 heavy (non-hydrogen) atoms. The Morgan fingerprint density at radius 2 is 1.62 bits per heavy atom. The van der Waals surface area contributed by atoms with Crippen molar-refractivity contribution in [3.8, 4) is 0 Å². The van der Waals surface area contributed by atoms with Crippen LogP contribution in [0, 0.1) is 11.3 Å². The van der Waals surface area contributed by atoms with Crippen molar-refractivity contribution in [2.24, 2.45) is 11.3 Å². The van der Waals surface area contributed by atoms with E-state index in [0.29, 0.717) is 45.1 Å². The van der Waals surface area contributed by atoms with Crippen molar-refractivity contribution in [1.82, 2.24) is 10.6 Å². The van der Waals surface area contributed by atoms with Crippen LogP contribution in [0.15, 0.2) is 30.3 Å². The number of amides is 2. The van der Waals surface area contributed by atoms with Crippen LogP contribution in [0.2, 0.25) is 0 Å². The predicted molar refractivity (Wildman–Crippen MR) is 145 cm³/mol. The smallest absolute Gasteiger partial charge is 0.408 e. The summed E-state index contributed by atoms with van der Waals surface area (Å²) in [4.78, 5) is 51.7. The number of ether oxygens (including phenoxy) is 3. The van der Waals surface area contributed by atoms with Gasteiger partial charge in [-0.3, -0.25) is 9.59 Å². The standard InChI is InChI=1S/C30H44N2O7/c1-5-37-25(33)22-13-15-23(16-14-22)31-27(35)30(17-9-10-18-30)19-24(26(34)39-29(2,3)4)32-28(36)38-20-21-11-7-6-8-12-21/h6-8,11-12,22-24H,5,9-10,13-20H2,1-4H3,(H,31,35)(H,32,36)/t22-,23+,24?. The van der Waals surface area contributed by atoms with Gasteiger partial charge in [-0.05, 0) is 78.2 Å². The Morgan fingerprint density at radius 3 is 2.21 bits per heavy atom. The largest absolute Gasteiger partial charge is 0.466 e. The van der Waals surface area contributed by atoms with Gasteiger partial charge in [-0.25, -0.2) is 9.59 Å². The third kappa shape index (κ3) is 9.25. The summed E-state index contributed by atoms with van der Waals surface area (Å²) < 4.78 is 16.1. The highest BCUT2D eigenvalue weighted by Crippen LogP contribution is 2.43. The first kappa shape index (κ1) is 30.4. The lowest BCUT2D eigenvalue weighted by Gasteiger charge is -2.35. The Kier molecular flexibility index (Phi) is 10.8. The van der Waals surface area contributed by atoms with Crippen LogP contribution in [0.3, 0.4) is 0 Å². The van der Waals surface area contributed by atoms with Gasteiger partial charge in [0.2, 0.25) is 5.91 Å². The molecule has 1 atom stereocenters. The van der Waals surface area contributed by atoms with E-state index in [2.05, 4.69) is 10.6 Å². The zero-order chi connectivity index (χ0) is 28.5. The zero-order valence-corrected chi connectivity index (χ0v) is 23.8. The predicted octanol–water partition coefficient (Wildman–Crippen LogP) is 4.81. The molecule has 216 valence electrons. The molecule has 1 aromatic carbocycles. The van der Waals surface area contributed by atoms with Crippen molar-refractivity contribution in [1.29, 1.82) is 0 Å². The Hall–Kier alpha value is -3.10. The molecule has 2 aliphatic carbocycles. The molecule has 0 radical (unpaired) electrons. The second-order valence-electron chi connectivity index (χ2n) is 11.8. The number of hydrogen-bond acceptors (Lipinski definition) is 7. The van der Waals surface area contributed by atoms with Gasteiger partial charge in [0.25, 0.3) is 0 Å². The highest BCUT2D eigenvalue weighted by Gasteiger charge is 2.46. The van der Waals surface area contributed by atoms with E-state index >= 15 is 0 Å². The van der Waals surface area contributed by atoms with Crippen molar-refractivity contribution in [3.63, 3.8) is 0 Å². The van der Waals surface area contributed by atoms with Crippen LogP contribution in [-0.4, -0.2) is 48.2 Å². The summed E-state index contributed by atoms with van der Waals surface area (Å²) >= 11 is 0. The number of carbonyl (C=O) groups is 4. The first-order chi connectivity index (χ1) is 18.5. The van der Waals surface area contributed by atoms with Gasteiger partial charge >= 0.3 is 18.0 Å². The minimum absolute atomic E-state index is 0.0376. The minimum Gasteiger partial charge on any atom is -0.466 e. The Morgan fingerprint density at radius 1 is 0.974 bits per heavy atom. The molecule has 2 saturated carbocycles. The van der Waals surface area contributed by atoms with E-state index in [4.69, 9.17) is 14.2 Å². The van der Waals surface area contributed by atoms with Crippen molar-refractivity contribution in [3.05, 3.63) is 35.9 Å². The van der Waals surface area contributed by atoms with Crippen LogP contribution < -0.4 is 10.6 Å². The fraction of sp³-hybridized carbons (Fsp3) is 0.667. The second-order valence-corrected chi connectivity index (χ2v) is 11.8. The third-order valence-corrected chi connectivity index (χ3v) is 7.52. The average Bonchev–Trinajstić information content (AvgIpc) is 3.37. The van der Waals surface area contributed by atoms with E-state index in [1.165, 1.54) is 0 Å². The molecule has 2 fully saturated rings. The van der Waals surface area contributed by atoms with E-state index in [-0.39, 0.29) is 36.9 Å². The van der Waals surface area contributed by atoms with Crippen LogP contribution in [0.1, 0.15) is 91.0 Å². The number of esters is 2. The lowest BCUT2D eigenvalue weighted by Crippen LogP contribution is -2.52. The zero-order valence-electron chi connectivity index (χ0n) is 23.8. The molecule has 9 nitrogen and oxygen atoms in total. The van der Waals surface area contributed by atoms with Gasteiger partial charge in [0.05, 0.1) is 17.9 Å². The average molecular weight is 545 g/mol. The molecule has 2 aliphatic rings. The van der Waals surface area contributed by atoms with Gasteiger partial charge in [-0.1, -0.05) is 43.2 Å². The summed E-state index contributed by atoms with van der Waals surface area (Å²) in [5.74, 6) is -0.984. The normalized spacial score (nSPS) is 21.3. The van der Waals surface area contributed by atoms with Gasteiger partial charge in [0, 0.05) is 6.04 Å². The first-order valence-corrected chi connectivity index (χ1v) is 14.2. The first-order valence-electron chi connectivity index (χ1n) is 14.2. The maximum Gasteiger partial charge on any atom is 0.408 e. The van der Waals surface area contributed by atoms with Crippen molar-refractivity contribution in [2.45, 2.75) is 110 Å². The molecule has 0 aromatic heterocycles. The molecule has 2 amide bonds. The number of benzene rings is 1. The second kappa shape index (κ2) is 13.8. The number of hydrogen-bond donors (Lipinski definition) is 2. The lowest BCUT2D eigenvalue weighted by atomic mass is 9.78. The number of carbonyl (C=O) groups excluding carboxylic acids is 4. The molecule has 0 spiro atoms. The molecular weight excluding hydrogens is 500 g/mol. The molecule has 0 bridgehead atoms. The van der Waals surface area contributed by atoms with Gasteiger partial charge in [-0.2, -0.15) is 0 Å². The fourth-order valence-electron chi connectivity index (χ4n) is 5.51. The van der Waals surface area contributed by atoms with Gasteiger partial charge in [0.1, 0.15) is 18.2 Å². The Labute approximate surface area is 231 Å². The van der Waals surface area contributed by atoms with Gasteiger partial charge in [-0.15, -0.1) is 0 Å². The van der Waals surface area contributed by atoms with E-state index < -0.39 is 29.1 Å². The van der Waals surface area contributed by atoms with Crippen molar-refractivity contribution < 1.29 is 33.4 Å². The summed E-state index contributed by atoms with van der Waals surface area (Å²) in [7, 11) is 0. The van der Waals surface area contributed by atoms with E-state index in [1.807, 2.05) is 30.3 Å². The fourth-order valence-corrected chi connectivity index (χ4v) is 5.51. The molecule has 1 aromatic rings. The van der Waals surface area contributed by atoms with Crippen LogP contribution in [0.4, 0.5) is 4.79 Å². The van der Waals surface area contributed by atoms with Crippen LogP contribution in [0.5, 0.6) is 0 Å². The molecular formula is C30H44N2O7. The molecule has 1 unspecified atom stereocenters. The van der Waals surface area contributed by atoms with Crippen molar-refractivity contribution in [2.75, 3.05) is 6.61 Å². The van der Waals surface area contributed by atoms with Crippen LogP contribution in [-0.2, 0) is 35.2 Å². The molecule has 0 heterocycles. The topological polar surface area (TPSA) is 120 Å². The number of rotatable bonds is 10. The van der Waals surface area contributed by atoms with Gasteiger partial charge in [0.15, 0.2) is 0 Å². The van der Waals surface area contributed by atoms with Crippen LogP contribution >= 0.6 is 0 Å². The molecule has 0 saturated heterocycles. The maximum atomic E-state index is 13.7. The molecule has 3 rings (SSSR count). The number of alkyl carbamates (subject to hydrolysis) is 1. The van der Waals surface area contributed by atoms with E-state index in [9.17, 15) is 19.2 Å². The van der Waals surface area contributed by atoms with Gasteiger partial charge < -0.3 is 24.8 Å². The monoisotopic (exact) mass is 544 g/mol. The summed E-state index contributed by atoms with van der Waals surface area (Å²) in [6.07, 6.45) is 5.11. The quantitative estimate of drug-likeness (QED) is 0.320. The number of nitrogens with one attached hydrogen (secondary N) is 2. The maximum absolute atomic E-state index is 13.7. The highest BCUT2D eigenvalue weighted by atomic mass is 16.6. The van der Waals surface area contributed by atoms with Crippen molar-refractivity contribution >= 4 is 23.9 Å². The Balaban J connectivity index is 1.66. The lowest BCUT2D eigenvalue weighted by molar-refractivity contribution is -0.158. The third-order valence-electron chi connectivity index (χ3n) is 7.52. The SMILES string of the molecule is CCOC(=O)[C@H]1CC[C@@H](NC(=O)C2(CC(NC(=O)OCc3ccccc3)C(=O)OC(C)(C)C)CCCC2)CC1. The summed E-state index contributed by atoms with van der Waals surface area (Å²) in [5, 5.41) is 5.88. The highest BCUT2D eigenvalue weighted by molar-refractivity contribution is 5.86. The molecule has 9 heteroatoms. The van der Waals surface area contributed by atoms with E-state index in [1.54, 1.807) is 27.7 Å². The summed E-state index contributed by atoms with van der Waals surface area (Å²) in [6, 6.07) is 8.20. The summed E-state index contributed by atoms with van der Waals surface area (Å²) in [6.45, 7) is 7.52. The van der Waals surface area contributed by atoms with E-state index in [0.717, 1.165) is 18.4 Å². The minimum atomic E-state index is -1.03.